The van der Waals surface area contributed by atoms with Crippen molar-refractivity contribution < 1.29 is 19.2 Å². The van der Waals surface area contributed by atoms with Crippen molar-refractivity contribution in [3.8, 4) is 11.5 Å². The van der Waals surface area contributed by atoms with E-state index in [2.05, 4.69) is 5.32 Å². The number of hydrogen-bond acceptors (Lipinski definition) is 3. The molecule has 0 spiro atoms. The van der Waals surface area contributed by atoms with Gasteiger partial charge in [-0.05, 0) is 37.3 Å². The van der Waals surface area contributed by atoms with E-state index < -0.39 is 0 Å². The van der Waals surface area contributed by atoms with Gasteiger partial charge in [-0.2, -0.15) is 0 Å². The number of anilines is 1. The number of hydrogen-bond donors (Lipinski definition) is 2. The molecule has 2 aromatic carbocycles. The molecule has 5 heteroatoms. The number of fused-ring (bicyclic) bond motifs is 1. The summed E-state index contributed by atoms with van der Waals surface area (Å²) >= 11 is 0. The maximum atomic E-state index is 12.1. The summed E-state index contributed by atoms with van der Waals surface area (Å²) in [5.74, 6) is 1.56. The monoisotopic (exact) mass is 313 g/mol. The lowest BCUT2D eigenvalue weighted by Crippen LogP contribution is -3.08. The van der Waals surface area contributed by atoms with E-state index in [1.165, 1.54) is 5.56 Å². The van der Waals surface area contributed by atoms with Crippen molar-refractivity contribution in [2.45, 2.75) is 13.5 Å². The SMILES string of the molecule is Cc1ccc(NC(=O)C[NH+](C)Cc2ccc3c(c2)OCO3)cc1. The Bertz CT molecular complexity index is 698. The number of carbonyl (C=O) groups excluding carboxylic acids is 1. The third kappa shape index (κ3) is 4.02. The molecule has 2 N–H and O–H groups in total. The second-order valence-corrected chi connectivity index (χ2v) is 5.91. The third-order valence-electron chi connectivity index (χ3n) is 3.74. The summed E-state index contributed by atoms with van der Waals surface area (Å²) < 4.78 is 10.7. The smallest absolute Gasteiger partial charge is 0.279 e. The van der Waals surface area contributed by atoms with Crippen LogP contribution in [0.3, 0.4) is 0 Å². The van der Waals surface area contributed by atoms with Crippen molar-refractivity contribution in [1.29, 1.82) is 0 Å². The van der Waals surface area contributed by atoms with E-state index in [-0.39, 0.29) is 12.7 Å². The quantitative estimate of drug-likeness (QED) is 0.877. The van der Waals surface area contributed by atoms with Crippen molar-refractivity contribution in [1.82, 2.24) is 0 Å². The second-order valence-electron chi connectivity index (χ2n) is 5.91. The largest absolute Gasteiger partial charge is 0.454 e. The minimum Gasteiger partial charge on any atom is -0.454 e. The number of aryl methyl sites for hydroxylation is 1. The number of carbonyl (C=O) groups is 1. The number of nitrogens with one attached hydrogen (secondary N) is 2. The number of ether oxygens (including phenoxy) is 2. The predicted molar refractivity (Wildman–Crippen MR) is 87.8 cm³/mol. The molecule has 0 saturated carbocycles. The van der Waals surface area contributed by atoms with Gasteiger partial charge in [0.1, 0.15) is 6.54 Å². The van der Waals surface area contributed by atoms with Gasteiger partial charge in [0.25, 0.3) is 5.91 Å². The summed E-state index contributed by atoms with van der Waals surface area (Å²) in [4.78, 5) is 13.2. The lowest BCUT2D eigenvalue weighted by atomic mass is 10.2. The number of likely N-dealkylation sites (N-methyl/N-ethyl adjacent to an activating group) is 1. The van der Waals surface area contributed by atoms with Gasteiger partial charge in [0, 0.05) is 11.3 Å². The maximum Gasteiger partial charge on any atom is 0.279 e. The van der Waals surface area contributed by atoms with Gasteiger partial charge >= 0.3 is 0 Å². The van der Waals surface area contributed by atoms with E-state index in [0.29, 0.717) is 6.54 Å². The Labute approximate surface area is 135 Å². The molecule has 0 aliphatic carbocycles. The van der Waals surface area contributed by atoms with Gasteiger partial charge in [-0.25, -0.2) is 0 Å². The number of quaternary nitrogens is 1. The molecule has 1 aliphatic heterocycles. The molecule has 1 aliphatic rings. The molecular weight excluding hydrogens is 292 g/mol. The molecule has 0 bridgehead atoms. The van der Waals surface area contributed by atoms with Crippen LogP contribution in [0.1, 0.15) is 11.1 Å². The molecule has 1 unspecified atom stereocenters. The van der Waals surface area contributed by atoms with Gasteiger partial charge in [0.2, 0.25) is 6.79 Å². The van der Waals surface area contributed by atoms with Crippen LogP contribution in [0, 0.1) is 6.92 Å². The Morgan fingerprint density at radius 2 is 1.87 bits per heavy atom. The Morgan fingerprint density at radius 3 is 2.65 bits per heavy atom. The summed E-state index contributed by atoms with van der Waals surface area (Å²) in [6.45, 7) is 3.45. The zero-order valence-electron chi connectivity index (χ0n) is 13.4. The molecule has 5 nitrogen and oxygen atoms in total. The van der Waals surface area contributed by atoms with Crippen LogP contribution >= 0.6 is 0 Å². The molecule has 0 aromatic heterocycles. The summed E-state index contributed by atoms with van der Waals surface area (Å²) in [6, 6.07) is 13.7. The lowest BCUT2D eigenvalue weighted by molar-refractivity contribution is -0.885. The summed E-state index contributed by atoms with van der Waals surface area (Å²) in [5, 5.41) is 2.92. The van der Waals surface area contributed by atoms with Crippen LogP contribution in [0.15, 0.2) is 42.5 Å². The van der Waals surface area contributed by atoms with Crippen LogP contribution in [-0.2, 0) is 11.3 Å². The molecule has 3 rings (SSSR count). The summed E-state index contributed by atoms with van der Waals surface area (Å²) in [7, 11) is 2.00. The van der Waals surface area contributed by atoms with Gasteiger partial charge in [-0.3, -0.25) is 4.79 Å². The maximum absolute atomic E-state index is 12.1. The fourth-order valence-electron chi connectivity index (χ4n) is 2.58. The van der Waals surface area contributed by atoms with Crippen molar-refractivity contribution in [2.75, 3.05) is 25.7 Å². The topological polar surface area (TPSA) is 52.0 Å². The Morgan fingerprint density at radius 1 is 1.13 bits per heavy atom. The van der Waals surface area contributed by atoms with E-state index in [4.69, 9.17) is 9.47 Å². The molecule has 0 radical (unpaired) electrons. The fraction of sp³-hybridized carbons (Fsp3) is 0.278. The highest BCUT2D eigenvalue weighted by molar-refractivity contribution is 5.91. The fourth-order valence-corrected chi connectivity index (χ4v) is 2.58. The number of amides is 1. The van der Waals surface area contributed by atoms with Gasteiger partial charge in [-0.1, -0.05) is 17.7 Å². The van der Waals surface area contributed by atoms with Crippen LogP contribution in [0.2, 0.25) is 0 Å². The molecule has 23 heavy (non-hydrogen) atoms. The van der Waals surface area contributed by atoms with Crippen molar-refractivity contribution >= 4 is 11.6 Å². The van der Waals surface area contributed by atoms with Crippen molar-refractivity contribution in [3.05, 3.63) is 53.6 Å². The molecule has 2 aromatic rings. The van der Waals surface area contributed by atoms with E-state index in [9.17, 15) is 4.79 Å². The van der Waals surface area contributed by atoms with Gasteiger partial charge in [-0.15, -0.1) is 0 Å². The minimum atomic E-state index is 0.00657. The molecule has 120 valence electrons. The van der Waals surface area contributed by atoms with Crippen LogP contribution in [0.25, 0.3) is 0 Å². The predicted octanol–water partition coefficient (Wildman–Crippen LogP) is 1.38. The van der Waals surface area contributed by atoms with E-state index in [1.54, 1.807) is 0 Å². The van der Waals surface area contributed by atoms with E-state index in [0.717, 1.165) is 34.2 Å². The summed E-state index contributed by atoms with van der Waals surface area (Å²) in [5.41, 5.74) is 3.12. The average molecular weight is 313 g/mol. The standard InChI is InChI=1S/C18H20N2O3/c1-13-3-6-15(7-4-13)19-18(21)11-20(2)10-14-5-8-16-17(9-14)23-12-22-16/h3-9H,10-12H2,1-2H3,(H,19,21)/p+1. The zero-order valence-corrected chi connectivity index (χ0v) is 13.4. The number of benzene rings is 2. The van der Waals surface area contributed by atoms with Crippen LogP contribution < -0.4 is 19.7 Å². The highest BCUT2D eigenvalue weighted by atomic mass is 16.7. The Hall–Kier alpha value is -2.53. The molecule has 0 saturated heterocycles. The molecular formula is C18H21N2O3+. The molecule has 1 amide bonds. The lowest BCUT2D eigenvalue weighted by Gasteiger charge is -2.14. The normalized spacial score (nSPS) is 13.7. The van der Waals surface area contributed by atoms with E-state index >= 15 is 0 Å². The van der Waals surface area contributed by atoms with Crippen LogP contribution in [-0.4, -0.2) is 26.3 Å². The van der Waals surface area contributed by atoms with Crippen LogP contribution in [0.4, 0.5) is 5.69 Å². The second kappa shape index (κ2) is 6.71. The first-order chi connectivity index (χ1) is 11.1. The zero-order chi connectivity index (χ0) is 16.2. The third-order valence-corrected chi connectivity index (χ3v) is 3.74. The average Bonchev–Trinajstić information content (AvgIpc) is 2.97. The first kappa shape index (κ1) is 15.4. The highest BCUT2D eigenvalue weighted by Crippen LogP contribution is 2.32. The van der Waals surface area contributed by atoms with Crippen LogP contribution in [0.5, 0.6) is 11.5 Å². The number of rotatable bonds is 5. The Kier molecular flexibility index (Phi) is 4.48. The Balaban J connectivity index is 1.53. The molecule has 1 heterocycles. The van der Waals surface area contributed by atoms with Crippen molar-refractivity contribution in [2.24, 2.45) is 0 Å². The van der Waals surface area contributed by atoms with Gasteiger partial charge in [0.05, 0.1) is 7.05 Å². The minimum absolute atomic E-state index is 0.00657. The summed E-state index contributed by atoms with van der Waals surface area (Å²) in [6.07, 6.45) is 0. The van der Waals surface area contributed by atoms with Gasteiger partial charge in [0.15, 0.2) is 18.0 Å². The highest BCUT2D eigenvalue weighted by Gasteiger charge is 2.16. The van der Waals surface area contributed by atoms with E-state index in [1.807, 2.05) is 56.4 Å². The van der Waals surface area contributed by atoms with Gasteiger partial charge < -0.3 is 19.7 Å². The van der Waals surface area contributed by atoms with Crippen molar-refractivity contribution in [3.63, 3.8) is 0 Å². The molecule has 1 atom stereocenters. The first-order valence-electron chi connectivity index (χ1n) is 7.66. The molecule has 0 fully saturated rings. The first-order valence-corrected chi connectivity index (χ1v) is 7.66.